The first-order chi connectivity index (χ1) is 5.61. The Labute approximate surface area is 72.9 Å². The summed E-state index contributed by atoms with van der Waals surface area (Å²) in [6.45, 7) is 5.78. The summed E-state index contributed by atoms with van der Waals surface area (Å²) in [6.07, 6.45) is 3.88. The van der Waals surface area contributed by atoms with E-state index in [9.17, 15) is 4.79 Å². The van der Waals surface area contributed by atoms with Gasteiger partial charge in [-0.15, -0.1) is 6.58 Å². The smallest absolute Gasteiger partial charge is 0.150 e. The molecule has 0 heterocycles. The molecule has 12 heavy (non-hydrogen) atoms. The third-order valence-electron chi connectivity index (χ3n) is 2.65. The Morgan fingerprint density at radius 3 is 3.00 bits per heavy atom. The molecule has 1 aliphatic carbocycles. The molecule has 0 bridgehead atoms. The molecular formula is C10H13NO. The van der Waals surface area contributed by atoms with E-state index >= 15 is 0 Å². The molecule has 1 aliphatic rings. The molecule has 0 spiro atoms. The number of rotatable bonds is 1. The van der Waals surface area contributed by atoms with Crippen molar-refractivity contribution in [2.75, 3.05) is 0 Å². The number of carbonyl (C=O) groups excluding carboxylic acids is 1. The molecule has 0 aromatic heterocycles. The number of nitriles is 1. The molecule has 0 amide bonds. The van der Waals surface area contributed by atoms with Crippen molar-refractivity contribution in [2.45, 2.75) is 26.2 Å². The minimum absolute atomic E-state index is 0.00565. The van der Waals surface area contributed by atoms with Crippen LogP contribution >= 0.6 is 0 Å². The normalized spacial score (nSPS) is 35.7. The molecule has 2 heteroatoms. The Bertz CT molecular complexity index is 251. The van der Waals surface area contributed by atoms with E-state index in [1.54, 1.807) is 0 Å². The number of nitrogens with zero attached hydrogens (tertiary/aromatic N) is 1. The van der Waals surface area contributed by atoms with Gasteiger partial charge in [-0.05, 0) is 18.3 Å². The number of carbonyl (C=O) groups is 1. The standard InChI is InChI=1S/C10H13NO/c1-3-10(2)5-4-9(12)8(6-10)7-11/h3,8H,1,4-6H2,2H3. The Hall–Kier alpha value is -1.10. The van der Waals surface area contributed by atoms with Gasteiger partial charge >= 0.3 is 0 Å². The Balaban J connectivity index is 2.75. The molecule has 0 radical (unpaired) electrons. The molecule has 2 nitrogen and oxygen atoms in total. The molecule has 1 fully saturated rings. The summed E-state index contributed by atoms with van der Waals surface area (Å²) >= 11 is 0. The predicted molar refractivity (Wildman–Crippen MR) is 46.3 cm³/mol. The lowest BCUT2D eigenvalue weighted by atomic mass is 9.71. The number of Topliss-reactive ketones (excluding diaryl/α,β-unsaturated/α-hetero) is 1. The second-order valence-electron chi connectivity index (χ2n) is 3.71. The average molecular weight is 163 g/mol. The van der Waals surface area contributed by atoms with Crippen molar-refractivity contribution < 1.29 is 4.79 Å². The fourth-order valence-corrected chi connectivity index (χ4v) is 1.57. The van der Waals surface area contributed by atoms with Gasteiger partial charge in [0.2, 0.25) is 0 Å². The lowest BCUT2D eigenvalue weighted by molar-refractivity contribution is -0.124. The minimum Gasteiger partial charge on any atom is -0.298 e. The maximum Gasteiger partial charge on any atom is 0.150 e. The van der Waals surface area contributed by atoms with Crippen LogP contribution in [0, 0.1) is 22.7 Å². The fourth-order valence-electron chi connectivity index (χ4n) is 1.57. The maximum atomic E-state index is 11.2. The Kier molecular flexibility index (Phi) is 2.32. The molecule has 2 unspecified atom stereocenters. The van der Waals surface area contributed by atoms with E-state index in [1.165, 1.54) is 0 Å². The number of allylic oxidation sites excluding steroid dienone is 1. The Morgan fingerprint density at radius 2 is 2.50 bits per heavy atom. The summed E-state index contributed by atoms with van der Waals surface area (Å²) in [4.78, 5) is 11.2. The largest absolute Gasteiger partial charge is 0.298 e. The van der Waals surface area contributed by atoms with Crippen LogP contribution in [-0.2, 0) is 4.79 Å². The number of ketones is 1. The van der Waals surface area contributed by atoms with Gasteiger partial charge in [0, 0.05) is 6.42 Å². The summed E-state index contributed by atoms with van der Waals surface area (Å²) in [5, 5.41) is 8.68. The summed E-state index contributed by atoms with van der Waals surface area (Å²) in [5.41, 5.74) is -0.00565. The highest BCUT2D eigenvalue weighted by atomic mass is 16.1. The van der Waals surface area contributed by atoms with Crippen molar-refractivity contribution in [3.8, 4) is 6.07 Å². The summed E-state index contributed by atoms with van der Waals surface area (Å²) in [7, 11) is 0. The number of hydrogen-bond acceptors (Lipinski definition) is 2. The predicted octanol–water partition coefficient (Wildman–Crippen LogP) is 2.07. The van der Waals surface area contributed by atoms with E-state index in [-0.39, 0.29) is 11.2 Å². The van der Waals surface area contributed by atoms with E-state index in [0.29, 0.717) is 12.8 Å². The highest BCUT2D eigenvalue weighted by molar-refractivity contribution is 5.84. The van der Waals surface area contributed by atoms with Crippen LogP contribution in [0.3, 0.4) is 0 Å². The van der Waals surface area contributed by atoms with Gasteiger partial charge in [0.1, 0.15) is 11.7 Å². The van der Waals surface area contributed by atoms with Crippen LogP contribution in [0.1, 0.15) is 26.2 Å². The van der Waals surface area contributed by atoms with Gasteiger partial charge in [0.15, 0.2) is 0 Å². The molecular weight excluding hydrogens is 150 g/mol. The fraction of sp³-hybridized carbons (Fsp3) is 0.600. The third-order valence-corrected chi connectivity index (χ3v) is 2.65. The second-order valence-corrected chi connectivity index (χ2v) is 3.71. The van der Waals surface area contributed by atoms with Crippen molar-refractivity contribution in [1.82, 2.24) is 0 Å². The minimum atomic E-state index is -0.401. The van der Waals surface area contributed by atoms with Gasteiger partial charge in [-0.3, -0.25) is 4.79 Å². The summed E-state index contributed by atoms with van der Waals surface area (Å²) < 4.78 is 0. The molecule has 0 aromatic rings. The molecule has 2 atom stereocenters. The third kappa shape index (κ3) is 1.55. The van der Waals surface area contributed by atoms with Crippen LogP contribution in [0.4, 0.5) is 0 Å². The van der Waals surface area contributed by atoms with E-state index < -0.39 is 5.92 Å². The van der Waals surface area contributed by atoms with Crippen molar-refractivity contribution >= 4 is 5.78 Å². The van der Waals surface area contributed by atoms with Crippen LogP contribution in [0.5, 0.6) is 0 Å². The second kappa shape index (κ2) is 3.10. The highest BCUT2D eigenvalue weighted by Gasteiger charge is 2.34. The van der Waals surface area contributed by atoms with Crippen LogP contribution in [0.15, 0.2) is 12.7 Å². The monoisotopic (exact) mass is 163 g/mol. The first-order valence-corrected chi connectivity index (χ1v) is 4.17. The van der Waals surface area contributed by atoms with Gasteiger partial charge in [-0.1, -0.05) is 13.0 Å². The molecule has 0 N–H and O–H groups in total. The zero-order valence-electron chi connectivity index (χ0n) is 7.34. The molecule has 1 saturated carbocycles. The van der Waals surface area contributed by atoms with Crippen molar-refractivity contribution in [2.24, 2.45) is 11.3 Å². The van der Waals surface area contributed by atoms with E-state index in [1.807, 2.05) is 12.1 Å². The summed E-state index contributed by atoms with van der Waals surface area (Å²) in [5.74, 6) is -0.307. The zero-order chi connectivity index (χ0) is 9.19. The number of hydrogen-bond donors (Lipinski definition) is 0. The van der Waals surface area contributed by atoms with Crippen LogP contribution in [0.25, 0.3) is 0 Å². The lowest BCUT2D eigenvalue weighted by Crippen LogP contribution is -2.29. The highest BCUT2D eigenvalue weighted by Crippen LogP contribution is 2.37. The van der Waals surface area contributed by atoms with Crippen LogP contribution < -0.4 is 0 Å². The topological polar surface area (TPSA) is 40.9 Å². The van der Waals surface area contributed by atoms with Crippen molar-refractivity contribution in [3.63, 3.8) is 0 Å². The average Bonchev–Trinajstić information content (AvgIpc) is 2.10. The maximum absolute atomic E-state index is 11.2. The molecule has 0 aromatic carbocycles. The van der Waals surface area contributed by atoms with Crippen molar-refractivity contribution in [3.05, 3.63) is 12.7 Å². The molecule has 64 valence electrons. The van der Waals surface area contributed by atoms with Gasteiger partial charge in [0.05, 0.1) is 6.07 Å². The summed E-state index contributed by atoms with van der Waals surface area (Å²) in [6, 6.07) is 2.05. The van der Waals surface area contributed by atoms with E-state index in [4.69, 9.17) is 5.26 Å². The van der Waals surface area contributed by atoms with Gasteiger partial charge in [-0.25, -0.2) is 0 Å². The quantitative estimate of drug-likeness (QED) is 0.555. The molecule has 0 aliphatic heterocycles. The van der Waals surface area contributed by atoms with Gasteiger partial charge in [-0.2, -0.15) is 5.26 Å². The first kappa shape index (κ1) is 8.99. The van der Waals surface area contributed by atoms with Gasteiger partial charge in [0.25, 0.3) is 0 Å². The SMILES string of the molecule is C=CC1(C)CCC(=O)C(C#N)C1. The zero-order valence-corrected chi connectivity index (χ0v) is 7.34. The first-order valence-electron chi connectivity index (χ1n) is 4.17. The Morgan fingerprint density at radius 1 is 1.83 bits per heavy atom. The van der Waals surface area contributed by atoms with Crippen LogP contribution in [-0.4, -0.2) is 5.78 Å². The lowest BCUT2D eigenvalue weighted by Gasteiger charge is -2.31. The molecule has 1 rings (SSSR count). The van der Waals surface area contributed by atoms with Crippen LogP contribution in [0.2, 0.25) is 0 Å². The van der Waals surface area contributed by atoms with Crippen molar-refractivity contribution in [1.29, 1.82) is 5.26 Å². The van der Waals surface area contributed by atoms with E-state index in [0.717, 1.165) is 6.42 Å². The van der Waals surface area contributed by atoms with E-state index in [2.05, 4.69) is 13.5 Å². The molecule has 0 saturated heterocycles. The van der Waals surface area contributed by atoms with Gasteiger partial charge < -0.3 is 0 Å².